The van der Waals surface area contributed by atoms with Gasteiger partial charge in [-0.25, -0.2) is 4.98 Å². The molecular formula is C13H19ClN4O. The summed E-state index contributed by atoms with van der Waals surface area (Å²) in [4.78, 5) is 10.8. The quantitative estimate of drug-likeness (QED) is 0.917. The standard InChI is InChI=1S/C13H19ClN4O/c1-19-13-16-8-9(14)12(17-13)18-7-3-5-11(18)10-4-2-6-15-10/h8,10-11,15H,2-7H2,1H3. The highest BCUT2D eigenvalue weighted by molar-refractivity contribution is 6.32. The van der Waals surface area contributed by atoms with Gasteiger partial charge in [0.05, 0.1) is 13.3 Å². The van der Waals surface area contributed by atoms with Gasteiger partial charge in [0, 0.05) is 18.6 Å². The van der Waals surface area contributed by atoms with Crippen molar-refractivity contribution in [3.05, 3.63) is 11.2 Å². The average Bonchev–Trinajstić information content (AvgIpc) is 3.09. The fraction of sp³-hybridized carbons (Fsp3) is 0.692. The van der Waals surface area contributed by atoms with Gasteiger partial charge in [0.1, 0.15) is 5.02 Å². The molecule has 2 fully saturated rings. The van der Waals surface area contributed by atoms with Crippen molar-refractivity contribution < 1.29 is 4.74 Å². The lowest BCUT2D eigenvalue weighted by atomic mass is 10.0. The zero-order valence-electron chi connectivity index (χ0n) is 11.1. The second-order valence-corrected chi connectivity index (χ2v) is 5.54. The fourth-order valence-corrected chi connectivity index (χ4v) is 3.36. The smallest absolute Gasteiger partial charge is 0.318 e. The molecule has 0 bridgehead atoms. The second-order valence-electron chi connectivity index (χ2n) is 5.13. The summed E-state index contributed by atoms with van der Waals surface area (Å²) in [7, 11) is 1.58. The van der Waals surface area contributed by atoms with E-state index in [1.165, 1.54) is 25.7 Å². The lowest BCUT2D eigenvalue weighted by molar-refractivity contribution is 0.379. The van der Waals surface area contributed by atoms with Crippen LogP contribution in [0.3, 0.4) is 0 Å². The molecule has 2 aliphatic heterocycles. The van der Waals surface area contributed by atoms with Crippen molar-refractivity contribution in [2.75, 3.05) is 25.1 Å². The number of aromatic nitrogens is 2. The molecule has 6 heteroatoms. The third-order valence-corrected chi connectivity index (χ3v) is 4.29. The van der Waals surface area contributed by atoms with Crippen molar-refractivity contribution in [1.29, 1.82) is 0 Å². The van der Waals surface area contributed by atoms with Gasteiger partial charge < -0.3 is 15.0 Å². The Morgan fingerprint density at radius 1 is 1.42 bits per heavy atom. The van der Waals surface area contributed by atoms with Gasteiger partial charge in [-0.1, -0.05) is 11.6 Å². The van der Waals surface area contributed by atoms with E-state index < -0.39 is 0 Å². The number of halogens is 1. The molecule has 0 aliphatic carbocycles. The highest BCUT2D eigenvalue weighted by atomic mass is 35.5. The van der Waals surface area contributed by atoms with Crippen molar-refractivity contribution in [3.8, 4) is 6.01 Å². The molecule has 2 atom stereocenters. The third-order valence-electron chi connectivity index (χ3n) is 4.02. The number of anilines is 1. The number of nitrogens with zero attached hydrogens (tertiary/aromatic N) is 3. The number of hydrogen-bond donors (Lipinski definition) is 1. The van der Waals surface area contributed by atoms with E-state index in [1.807, 2.05) is 0 Å². The van der Waals surface area contributed by atoms with Gasteiger partial charge in [0.15, 0.2) is 5.82 Å². The molecule has 2 saturated heterocycles. The summed E-state index contributed by atoms with van der Waals surface area (Å²) >= 11 is 6.26. The lowest BCUT2D eigenvalue weighted by Gasteiger charge is -2.30. The normalized spacial score (nSPS) is 26.9. The van der Waals surface area contributed by atoms with Gasteiger partial charge in [0.2, 0.25) is 0 Å². The minimum atomic E-state index is 0.379. The fourth-order valence-electron chi connectivity index (χ4n) is 3.16. The SMILES string of the molecule is COc1ncc(Cl)c(N2CCCC2C2CCCN2)n1. The summed E-state index contributed by atoms with van der Waals surface area (Å²) in [5.41, 5.74) is 0. The van der Waals surface area contributed by atoms with Crippen molar-refractivity contribution in [3.63, 3.8) is 0 Å². The first kappa shape index (κ1) is 12.9. The first-order chi connectivity index (χ1) is 9.29. The lowest BCUT2D eigenvalue weighted by Crippen LogP contribution is -2.44. The molecule has 0 saturated carbocycles. The molecule has 0 aromatic carbocycles. The molecule has 2 unspecified atom stereocenters. The minimum absolute atomic E-state index is 0.379. The maximum absolute atomic E-state index is 6.26. The first-order valence-electron chi connectivity index (χ1n) is 6.86. The van der Waals surface area contributed by atoms with Gasteiger partial charge in [-0.3, -0.25) is 0 Å². The molecule has 3 heterocycles. The molecule has 19 heavy (non-hydrogen) atoms. The van der Waals surface area contributed by atoms with Gasteiger partial charge in [0.25, 0.3) is 0 Å². The maximum atomic E-state index is 6.26. The van der Waals surface area contributed by atoms with Crippen LogP contribution in [0.1, 0.15) is 25.7 Å². The molecule has 1 aromatic heterocycles. The molecule has 5 nitrogen and oxygen atoms in total. The number of nitrogens with one attached hydrogen (secondary N) is 1. The van der Waals surface area contributed by atoms with Crippen molar-refractivity contribution in [1.82, 2.24) is 15.3 Å². The highest BCUT2D eigenvalue weighted by Crippen LogP contribution is 2.33. The number of rotatable bonds is 3. The highest BCUT2D eigenvalue weighted by Gasteiger charge is 2.35. The molecule has 2 aliphatic rings. The number of methoxy groups -OCH3 is 1. The average molecular weight is 283 g/mol. The Bertz CT molecular complexity index is 450. The molecule has 1 N–H and O–H groups in total. The molecule has 3 rings (SSSR count). The zero-order chi connectivity index (χ0) is 13.2. The molecule has 0 radical (unpaired) electrons. The molecule has 0 amide bonds. The van der Waals surface area contributed by atoms with Crippen LogP contribution in [0.4, 0.5) is 5.82 Å². The van der Waals surface area contributed by atoms with Crippen molar-refractivity contribution in [2.45, 2.75) is 37.8 Å². The van der Waals surface area contributed by atoms with Crippen LogP contribution in [0.15, 0.2) is 6.20 Å². The van der Waals surface area contributed by atoms with Crippen LogP contribution in [0, 0.1) is 0 Å². The summed E-state index contributed by atoms with van der Waals surface area (Å²) in [5, 5.41) is 4.19. The Morgan fingerprint density at radius 3 is 3.05 bits per heavy atom. The van der Waals surface area contributed by atoms with Crippen molar-refractivity contribution in [2.24, 2.45) is 0 Å². The maximum Gasteiger partial charge on any atom is 0.318 e. The van der Waals surface area contributed by atoms with E-state index in [-0.39, 0.29) is 0 Å². The largest absolute Gasteiger partial charge is 0.467 e. The topological polar surface area (TPSA) is 50.3 Å². The van der Waals surface area contributed by atoms with Crippen LogP contribution >= 0.6 is 11.6 Å². The van der Waals surface area contributed by atoms with E-state index in [9.17, 15) is 0 Å². The predicted octanol–water partition coefficient (Wildman–Crippen LogP) is 1.86. The first-order valence-corrected chi connectivity index (χ1v) is 7.24. The summed E-state index contributed by atoms with van der Waals surface area (Å²) in [6.07, 6.45) is 6.50. The van der Waals surface area contributed by atoms with Crippen LogP contribution in [0.2, 0.25) is 5.02 Å². The third kappa shape index (κ3) is 2.49. The Hall–Kier alpha value is -1.07. The predicted molar refractivity (Wildman–Crippen MR) is 75.0 cm³/mol. The van der Waals surface area contributed by atoms with E-state index in [2.05, 4.69) is 20.2 Å². The summed E-state index contributed by atoms with van der Waals surface area (Å²) < 4.78 is 5.11. The van der Waals surface area contributed by atoms with E-state index in [4.69, 9.17) is 16.3 Å². The van der Waals surface area contributed by atoms with Gasteiger partial charge in [-0.15, -0.1) is 0 Å². The molecule has 0 spiro atoms. The second kappa shape index (κ2) is 5.51. The van der Waals surface area contributed by atoms with E-state index in [1.54, 1.807) is 13.3 Å². The van der Waals surface area contributed by atoms with Crippen LogP contribution in [-0.4, -0.2) is 42.3 Å². The Morgan fingerprint density at radius 2 is 2.32 bits per heavy atom. The van der Waals surface area contributed by atoms with Crippen LogP contribution < -0.4 is 15.0 Å². The summed E-state index contributed by atoms with van der Waals surface area (Å²) in [5.74, 6) is 0.810. The van der Waals surface area contributed by atoms with Crippen LogP contribution in [-0.2, 0) is 0 Å². The van der Waals surface area contributed by atoms with Gasteiger partial charge in [-0.05, 0) is 32.2 Å². The zero-order valence-corrected chi connectivity index (χ0v) is 11.9. The Balaban J connectivity index is 1.87. The van der Waals surface area contributed by atoms with E-state index >= 15 is 0 Å². The minimum Gasteiger partial charge on any atom is -0.467 e. The van der Waals surface area contributed by atoms with E-state index in [0.717, 1.165) is 18.9 Å². The number of hydrogen-bond acceptors (Lipinski definition) is 5. The van der Waals surface area contributed by atoms with Gasteiger partial charge in [-0.2, -0.15) is 4.98 Å². The van der Waals surface area contributed by atoms with Crippen LogP contribution in [0.25, 0.3) is 0 Å². The molecular weight excluding hydrogens is 264 g/mol. The summed E-state index contributed by atoms with van der Waals surface area (Å²) in [6.45, 7) is 2.12. The van der Waals surface area contributed by atoms with E-state index in [0.29, 0.717) is 23.1 Å². The number of ether oxygens (including phenoxy) is 1. The Kier molecular flexibility index (Phi) is 3.75. The van der Waals surface area contributed by atoms with Crippen LogP contribution in [0.5, 0.6) is 6.01 Å². The molecule has 1 aromatic rings. The molecule has 104 valence electrons. The summed E-state index contributed by atoms with van der Waals surface area (Å²) in [6, 6.07) is 1.42. The Labute approximate surface area is 118 Å². The van der Waals surface area contributed by atoms with Gasteiger partial charge >= 0.3 is 6.01 Å². The monoisotopic (exact) mass is 282 g/mol. The van der Waals surface area contributed by atoms with Crippen molar-refractivity contribution >= 4 is 17.4 Å².